The van der Waals surface area contributed by atoms with Crippen LogP contribution in [0.25, 0.3) is 0 Å². The number of aromatic nitrogens is 2. The summed E-state index contributed by atoms with van der Waals surface area (Å²) in [6.07, 6.45) is 3.43. The number of carbonyl (C=O) groups is 1. The number of benzene rings is 1. The lowest BCUT2D eigenvalue weighted by Gasteiger charge is -2.21. The van der Waals surface area contributed by atoms with E-state index in [9.17, 15) is 4.79 Å². The molecule has 3 rings (SSSR count). The summed E-state index contributed by atoms with van der Waals surface area (Å²) in [6, 6.07) is 7.14. The molecular weight excluding hydrogens is 330 g/mol. The van der Waals surface area contributed by atoms with Gasteiger partial charge in [-0.2, -0.15) is 4.98 Å². The highest BCUT2D eigenvalue weighted by molar-refractivity contribution is 5.94. The number of rotatable bonds is 8. The molecule has 6 heteroatoms. The summed E-state index contributed by atoms with van der Waals surface area (Å²) in [6.45, 7) is 9.04. The summed E-state index contributed by atoms with van der Waals surface area (Å²) in [5, 5.41) is 4.03. The van der Waals surface area contributed by atoms with Crippen LogP contribution in [0.3, 0.4) is 0 Å². The van der Waals surface area contributed by atoms with Gasteiger partial charge in [0.15, 0.2) is 5.82 Å². The number of carbonyl (C=O) groups excluding carboxylic acids is 1. The molecule has 1 aromatic carbocycles. The molecule has 138 valence electrons. The Labute approximate surface area is 153 Å². The van der Waals surface area contributed by atoms with Crippen LogP contribution in [0.4, 0.5) is 0 Å². The lowest BCUT2D eigenvalue weighted by molar-refractivity contribution is 0.0747. The molecule has 0 saturated heterocycles. The van der Waals surface area contributed by atoms with E-state index >= 15 is 0 Å². The molecule has 0 bridgehead atoms. The highest BCUT2D eigenvalue weighted by Crippen LogP contribution is 2.35. The number of amides is 1. The summed E-state index contributed by atoms with van der Waals surface area (Å²) in [5.74, 6) is 2.32. The van der Waals surface area contributed by atoms with Crippen molar-refractivity contribution in [1.29, 1.82) is 0 Å². The number of hydrogen-bond acceptors (Lipinski definition) is 5. The van der Waals surface area contributed by atoms with Crippen molar-refractivity contribution in [2.45, 2.75) is 45.6 Å². The topological polar surface area (TPSA) is 68.5 Å². The fourth-order valence-corrected chi connectivity index (χ4v) is 2.73. The molecule has 1 aliphatic rings. The zero-order valence-corrected chi connectivity index (χ0v) is 15.4. The predicted molar refractivity (Wildman–Crippen MR) is 98.1 cm³/mol. The summed E-state index contributed by atoms with van der Waals surface area (Å²) < 4.78 is 10.9. The molecule has 0 radical (unpaired) electrons. The molecular formula is C20H25N3O3. The molecule has 1 aromatic heterocycles. The number of hydrogen-bond donors (Lipinski definition) is 0. The maximum atomic E-state index is 12.8. The van der Waals surface area contributed by atoms with E-state index in [0.717, 1.165) is 24.2 Å². The minimum Gasteiger partial charge on any atom is -0.489 e. The predicted octanol–water partition coefficient (Wildman–Crippen LogP) is 3.95. The van der Waals surface area contributed by atoms with Crippen molar-refractivity contribution in [3.63, 3.8) is 0 Å². The van der Waals surface area contributed by atoms with Crippen molar-refractivity contribution in [3.05, 3.63) is 53.7 Å². The van der Waals surface area contributed by atoms with Gasteiger partial charge in [0.25, 0.3) is 5.91 Å². The van der Waals surface area contributed by atoms with E-state index in [2.05, 4.69) is 16.7 Å². The van der Waals surface area contributed by atoms with Crippen LogP contribution < -0.4 is 4.74 Å². The molecule has 1 amide bonds. The minimum absolute atomic E-state index is 0.0612. The molecule has 1 heterocycles. The molecule has 0 spiro atoms. The Balaban J connectivity index is 1.62. The van der Waals surface area contributed by atoms with Gasteiger partial charge < -0.3 is 14.2 Å². The molecule has 1 saturated carbocycles. The number of ether oxygens (including phenoxy) is 1. The Morgan fingerprint density at radius 1 is 1.35 bits per heavy atom. The molecule has 6 nitrogen and oxygen atoms in total. The van der Waals surface area contributed by atoms with Crippen molar-refractivity contribution in [1.82, 2.24) is 15.0 Å². The summed E-state index contributed by atoms with van der Waals surface area (Å²) >= 11 is 0. The highest BCUT2D eigenvalue weighted by atomic mass is 16.5. The first-order valence-corrected chi connectivity index (χ1v) is 9.05. The Morgan fingerprint density at radius 2 is 2.08 bits per heavy atom. The van der Waals surface area contributed by atoms with E-state index in [0.29, 0.717) is 42.9 Å². The van der Waals surface area contributed by atoms with E-state index in [1.807, 2.05) is 13.8 Å². The zero-order chi connectivity index (χ0) is 18.5. The van der Waals surface area contributed by atoms with E-state index in [-0.39, 0.29) is 5.91 Å². The minimum atomic E-state index is -0.0612. The van der Waals surface area contributed by atoms with Gasteiger partial charge in [0.05, 0.1) is 6.54 Å². The largest absolute Gasteiger partial charge is 0.489 e. The number of nitrogens with zero attached hydrogens (tertiary/aromatic N) is 3. The van der Waals surface area contributed by atoms with Crippen LogP contribution in [0.2, 0.25) is 0 Å². The maximum absolute atomic E-state index is 12.8. The van der Waals surface area contributed by atoms with Gasteiger partial charge in [0.1, 0.15) is 12.4 Å². The smallest absolute Gasteiger partial charge is 0.254 e. The normalized spacial score (nSPS) is 13.9. The van der Waals surface area contributed by atoms with E-state index < -0.39 is 0 Å². The second-order valence-electron chi connectivity index (χ2n) is 6.77. The first kappa shape index (κ1) is 18.2. The first-order valence-electron chi connectivity index (χ1n) is 9.05. The zero-order valence-electron chi connectivity index (χ0n) is 15.4. The SMILES string of the molecule is C=C(C)COc1ccc(C(=O)N(CC)Cc2noc(C3CCC3)n2)cc1. The van der Waals surface area contributed by atoms with Gasteiger partial charge in [-0.15, -0.1) is 0 Å². The second kappa shape index (κ2) is 8.17. The molecule has 1 aliphatic carbocycles. The third-order valence-electron chi connectivity index (χ3n) is 4.53. The third kappa shape index (κ3) is 4.31. The Bertz CT molecular complexity index is 763. The van der Waals surface area contributed by atoms with Crippen molar-refractivity contribution in [3.8, 4) is 5.75 Å². The third-order valence-corrected chi connectivity index (χ3v) is 4.53. The maximum Gasteiger partial charge on any atom is 0.254 e. The fraction of sp³-hybridized carbons (Fsp3) is 0.450. The van der Waals surface area contributed by atoms with Crippen LogP contribution in [-0.4, -0.2) is 34.1 Å². The van der Waals surface area contributed by atoms with Gasteiger partial charge >= 0.3 is 0 Å². The van der Waals surface area contributed by atoms with Crippen LogP contribution in [-0.2, 0) is 6.54 Å². The molecule has 26 heavy (non-hydrogen) atoms. The standard InChI is InChI=1S/C20H25N3O3/c1-4-23(12-18-21-19(26-22-18)15-6-5-7-15)20(24)16-8-10-17(11-9-16)25-13-14(2)3/h8-11,15H,2,4-7,12-13H2,1,3H3. The van der Waals surface area contributed by atoms with Gasteiger partial charge in [0.2, 0.25) is 5.89 Å². The van der Waals surface area contributed by atoms with Gasteiger partial charge in [-0.3, -0.25) is 4.79 Å². The van der Waals surface area contributed by atoms with Gasteiger partial charge in [-0.05, 0) is 56.5 Å². The van der Waals surface area contributed by atoms with E-state index in [1.54, 1.807) is 29.2 Å². The average Bonchev–Trinajstić information content (AvgIpc) is 3.04. The Morgan fingerprint density at radius 3 is 2.65 bits per heavy atom. The monoisotopic (exact) mass is 355 g/mol. The van der Waals surface area contributed by atoms with Crippen LogP contribution in [0.15, 0.2) is 40.9 Å². The molecule has 0 unspecified atom stereocenters. The van der Waals surface area contributed by atoms with Crippen LogP contribution in [0, 0.1) is 0 Å². The highest BCUT2D eigenvalue weighted by Gasteiger charge is 2.26. The van der Waals surface area contributed by atoms with Crippen molar-refractivity contribution in [2.75, 3.05) is 13.2 Å². The van der Waals surface area contributed by atoms with Crippen molar-refractivity contribution in [2.24, 2.45) is 0 Å². The van der Waals surface area contributed by atoms with Gasteiger partial charge in [0, 0.05) is 18.0 Å². The Kier molecular flexibility index (Phi) is 5.71. The fourth-order valence-electron chi connectivity index (χ4n) is 2.73. The van der Waals surface area contributed by atoms with Crippen LogP contribution >= 0.6 is 0 Å². The molecule has 1 fully saturated rings. The van der Waals surface area contributed by atoms with E-state index in [1.165, 1.54) is 6.42 Å². The van der Waals surface area contributed by atoms with Gasteiger partial charge in [-0.25, -0.2) is 0 Å². The molecule has 0 aliphatic heterocycles. The second-order valence-corrected chi connectivity index (χ2v) is 6.77. The van der Waals surface area contributed by atoms with Crippen LogP contribution in [0.1, 0.15) is 61.1 Å². The van der Waals surface area contributed by atoms with E-state index in [4.69, 9.17) is 9.26 Å². The van der Waals surface area contributed by atoms with Crippen LogP contribution in [0.5, 0.6) is 5.75 Å². The Hall–Kier alpha value is -2.63. The summed E-state index contributed by atoms with van der Waals surface area (Å²) in [4.78, 5) is 18.9. The van der Waals surface area contributed by atoms with Crippen molar-refractivity contribution < 1.29 is 14.1 Å². The average molecular weight is 355 g/mol. The molecule has 2 aromatic rings. The summed E-state index contributed by atoms with van der Waals surface area (Å²) in [7, 11) is 0. The molecule has 0 atom stereocenters. The van der Waals surface area contributed by atoms with Crippen molar-refractivity contribution >= 4 is 5.91 Å². The lowest BCUT2D eigenvalue weighted by Crippen LogP contribution is -2.30. The quantitative estimate of drug-likeness (QED) is 0.671. The van der Waals surface area contributed by atoms with Gasteiger partial charge in [-0.1, -0.05) is 18.2 Å². The first-order chi connectivity index (χ1) is 12.6. The molecule has 0 N–H and O–H groups in total. The lowest BCUT2D eigenvalue weighted by atomic mass is 9.85. The summed E-state index contributed by atoms with van der Waals surface area (Å²) in [5.41, 5.74) is 1.56.